The summed E-state index contributed by atoms with van der Waals surface area (Å²) < 4.78 is 43.0. The number of rotatable bonds is 11. The highest BCUT2D eigenvalue weighted by molar-refractivity contribution is 5.53. The van der Waals surface area contributed by atoms with Gasteiger partial charge in [-0.05, 0) is 99.5 Å². The van der Waals surface area contributed by atoms with Crippen molar-refractivity contribution in [3.8, 4) is 11.8 Å². The fourth-order valence-corrected chi connectivity index (χ4v) is 8.47. The monoisotopic (exact) mass is 598 g/mol. The average Bonchev–Trinajstić information content (AvgIpc) is 2.98. The van der Waals surface area contributed by atoms with Crippen molar-refractivity contribution in [1.82, 2.24) is 15.3 Å². The smallest absolute Gasteiger partial charge is 0.422 e. The van der Waals surface area contributed by atoms with Gasteiger partial charge in [0, 0.05) is 24.7 Å². The first-order valence-corrected chi connectivity index (χ1v) is 15.6. The third-order valence-corrected chi connectivity index (χ3v) is 10.2. The summed E-state index contributed by atoms with van der Waals surface area (Å²) in [5.74, 6) is 3.66. The van der Waals surface area contributed by atoms with Gasteiger partial charge in [-0.1, -0.05) is 18.2 Å². The van der Waals surface area contributed by atoms with Gasteiger partial charge in [-0.15, -0.1) is 0 Å². The van der Waals surface area contributed by atoms with Crippen molar-refractivity contribution in [2.24, 2.45) is 29.1 Å². The zero-order chi connectivity index (χ0) is 30.0. The van der Waals surface area contributed by atoms with Crippen molar-refractivity contribution in [3.63, 3.8) is 0 Å². The normalized spacial score (nSPS) is 31.4. The summed E-state index contributed by atoms with van der Waals surface area (Å²) in [6.45, 7) is 0.618. The van der Waals surface area contributed by atoms with Gasteiger partial charge in [0.2, 0.25) is 5.95 Å². The van der Waals surface area contributed by atoms with E-state index in [9.17, 15) is 23.5 Å². The third kappa shape index (κ3) is 7.18. The summed E-state index contributed by atoms with van der Waals surface area (Å²) in [6, 6.07) is 9.31. The summed E-state index contributed by atoms with van der Waals surface area (Å²) in [6.07, 6.45) is 7.13. The van der Waals surface area contributed by atoms with Crippen LogP contribution >= 0.6 is 0 Å². The third-order valence-electron chi connectivity index (χ3n) is 10.2. The van der Waals surface area contributed by atoms with Crippen molar-refractivity contribution >= 4 is 11.8 Å². The number of aliphatic hydroxyl groups excluding tert-OH is 1. The second-order valence-electron chi connectivity index (χ2n) is 13.4. The predicted octanol–water partition coefficient (Wildman–Crippen LogP) is 5.65. The van der Waals surface area contributed by atoms with Crippen LogP contribution in [-0.2, 0) is 6.54 Å². The molecular formula is C32H41F3N6O2. The number of ether oxygens (including phenoxy) is 1. The highest BCUT2D eigenvalue weighted by Gasteiger charge is 2.55. The zero-order valence-electron chi connectivity index (χ0n) is 24.4. The van der Waals surface area contributed by atoms with E-state index in [4.69, 9.17) is 4.74 Å². The quantitative estimate of drug-likeness (QED) is 0.263. The lowest BCUT2D eigenvalue weighted by atomic mass is 9.48. The van der Waals surface area contributed by atoms with E-state index in [-0.39, 0.29) is 29.8 Å². The number of aromatic nitrogens is 2. The van der Waals surface area contributed by atoms with Gasteiger partial charge in [0.1, 0.15) is 23.2 Å². The summed E-state index contributed by atoms with van der Waals surface area (Å²) in [4.78, 5) is 8.85. The first kappa shape index (κ1) is 29.9. The molecule has 0 amide bonds. The number of hydrogen-bond acceptors (Lipinski definition) is 8. The Bertz CT molecular complexity index is 1290. The Hall–Kier alpha value is -3.10. The lowest BCUT2D eigenvalue weighted by Crippen LogP contribution is -2.60. The first-order chi connectivity index (χ1) is 20.7. The molecule has 5 fully saturated rings. The molecule has 2 aromatic rings. The number of anilines is 2. The van der Waals surface area contributed by atoms with E-state index < -0.39 is 12.8 Å². The van der Waals surface area contributed by atoms with Gasteiger partial charge in [-0.3, -0.25) is 0 Å². The summed E-state index contributed by atoms with van der Waals surface area (Å²) in [5, 5.41) is 30.1. The van der Waals surface area contributed by atoms with Crippen molar-refractivity contribution < 1.29 is 23.0 Å². The van der Waals surface area contributed by atoms with Crippen LogP contribution in [-0.4, -0.2) is 53.1 Å². The molecule has 1 heterocycles. The van der Waals surface area contributed by atoms with E-state index in [0.29, 0.717) is 40.7 Å². The summed E-state index contributed by atoms with van der Waals surface area (Å²) >= 11 is 0. The van der Waals surface area contributed by atoms with Crippen molar-refractivity contribution in [2.75, 3.05) is 30.3 Å². The molecule has 0 aliphatic heterocycles. The topological polar surface area (TPSA) is 115 Å². The Morgan fingerprint density at radius 3 is 2.51 bits per heavy atom. The van der Waals surface area contributed by atoms with E-state index in [1.54, 1.807) is 18.2 Å². The Morgan fingerprint density at radius 2 is 1.79 bits per heavy atom. The SMILES string of the molecule is N#Cc1cnc(NCc2ccccc2OCC(F)(F)F)nc1NC[C@]12CC3C[C@H](C1)[C@@H](NC[C@H]1CC[C@@H](O)CC1)[C@@H](C3)C2. The van der Waals surface area contributed by atoms with E-state index in [1.807, 2.05) is 0 Å². The number of halogens is 3. The number of nitriles is 1. The van der Waals surface area contributed by atoms with Crippen LogP contribution in [0.4, 0.5) is 24.9 Å². The maximum Gasteiger partial charge on any atom is 0.422 e. The molecule has 5 aliphatic carbocycles. The summed E-state index contributed by atoms with van der Waals surface area (Å²) in [5.41, 5.74) is 1.09. The molecule has 7 rings (SSSR count). The molecule has 0 spiro atoms. The zero-order valence-corrected chi connectivity index (χ0v) is 24.4. The molecule has 11 heteroatoms. The maximum absolute atomic E-state index is 12.7. The van der Waals surface area contributed by atoms with E-state index in [2.05, 4.69) is 32.0 Å². The van der Waals surface area contributed by atoms with Crippen LogP contribution in [0.2, 0.25) is 0 Å². The molecule has 8 nitrogen and oxygen atoms in total. The van der Waals surface area contributed by atoms with Crippen LogP contribution < -0.4 is 20.7 Å². The molecule has 0 radical (unpaired) electrons. The summed E-state index contributed by atoms with van der Waals surface area (Å²) in [7, 11) is 0. The van der Waals surface area contributed by atoms with Gasteiger partial charge in [-0.25, -0.2) is 4.98 Å². The fraction of sp³-hybridized carbons (Fsp3) is 0.656. The molecule has 0 saturated heterocycles. The Kier molecular flexibility index (Phi) is 8.70. The Balaban J connectivity index is 1.07. The van der Waals surface area contributed by atoms with Crippen LogP contribution in [0.3, 0.4) is 0 Å². The number of para-hydroxylation sites is 1. The van der Waals surface area contributed by atoms with Crippen molar-refractivity contribution in [2.45, 2.75) is 82.7 Å². The largest absolute Gasteiger partial charge is 0.484 e. The standard InChI is InChI=1S/C32H41F3N6O2/c33-32(34,35)19-43-27-4-2-1-3-22(27)16-38-30-39-17-25(14-36)29(41-30)40-18-31-11-21-9-23(12-31)28(24(10-21)13-31)37-15-20-5-7-26(42)8-6-20/h1-4,17,20-21,23-24,26,28,37,42H,5-13,15-16,18-19H2,(H2,38,39,40,41)/t20-,21?,23-,24+,26+,28-,31-. The van der Waals surface area contributed by atoms with Crippen LogP contribution in [0, 0.1) is 40.4 Å². The molecule has 232 valence electrons. The van der Waals surface area contributed by atoms with Gasteiger partial charge in [0.15, 0.2) is 6.61 Å². The first-order valence-electron chi connectivity index (χ1n) is 15.6. The van der Waals surface area contributed by atoms with E-state index >= 15 is 0 Å². The van der Waals surface area contributed by atoms with Gasteiger partial charge >= 0.3 is 6.18 Å². The molecule has 5 atom stereocenters. The number of nitrogens with one attached hydrogen (secondary N) is 3. The second-order valence-corrected chi connectivity index (χ2v) is 13.4. The molecule has 5 aliphatic rings. The average molecular weight is 599 g/mol. The molecule has 4 N–H and O–H groups in total. The Morgan fingerprint density at radius 1 is 1.05 bits per heavy atom. The predicted molar refractivity (Wildman–Crippen MR) is 156 cm³/mol. The van der Waals surface area contributed by atoms with Gasteiger partial charge in [0.05, 0.1) is 12.3 Å². The fourth-order valence-electron chi connectivity index (χ4n) is 8.47. The highest BCUT2D eigenvalue weighted by atomic mass is 19.4. The van der Waals surface area contributed by atoms with Crippen molar-refractivity contribution in [1.29, 1.82) is 5.26 Å². The highest BCUT2D eigenvalue weighted by Crippen LogP contribution is 2.60. The van der Waals surface area contributed by atoms with Crippen LogP contribution in [0.25, 0.3) is 0 Å². The molecule has 1 aromatic heterocycles. The minimum atomic E-state index is -4.42. The van der Waals surface area contributed by atoms with E-state index in [1.165, 1.54) is 44.4 Å². The number of benzene rings is 1. The number of aliphatic hydroxyl groups is 1. The Labute approximate surface area is 250 Å². The minimum Gasteiger partial charge on any atom is -0.484 e. The molecule has 4 bridgehead atoms. The van der Waals surface area contributed by atoms with Gasteiger partial charge in [0.25, 0.3) is 0 Å². The maximum atomic E-state index is 12.7. The van der Waals surface area contributed by atoms with Crippen LogP contribution in [0.1, 0.15) is 68.9 Å². The molecule has 43 heavy (non-hydrogen) atoms. The molecule has 1 aromatic carbocycles. The lowest BCUT2D eigenvalue weighted by molar-refractivity contribution is -0.153. The molecule has 1 unspecified atom stereocenters. The number of nitrogens with zero attached hydrogens (tertiary/aromatic N) is 3. The lowest BCUT2D eigenvalue weighted by Gasteiger charge is -2.60. The number of alkyl halides is 3. The van der Waals surface area contributed by atoms with Crippen molar-refractivity contribution in [3.05, 3.63) is 41.6 Å². The van der Waals surface area contributed by atoms with Crippen LogP contribution in [0.15, 0.2) is 30.5 Å². The minimum absolute atomic E-state index is 0.115. The van der Waals surface area contributed by atoms with Gasteiger partial charge in [-0.2, -0.15) is 23.4 Å². The van der Waals surface area contributed by atoms with Gasteiger partial charge < -0.3 is 25.8 Å². The van der Waals surface area contributed by atoms with Crippen LogP contribution in [0.5, 0.6) is 5.75 Å². The molecular weight excluding hydrogens is 557 g/mol. The second kappa shape index (κ2) is 12.5. The number of hydrogen-bond donors (Lipinski definition) is 4. The molecule has 5 saturated carbocycles. The van der Waals surface area contributed by atoms with E-state index in [0.717, 1.165) is 44.7 Å².